The van der Waals surface area contributed by atoms with Crippen LogP contribution in [0.25, 0.3) is 0 Å². The van der Waals surface area contributed by atoms with Crippen molar-refractivity contribution >= 4 is 23.1 Å². The maximum Gasteiger partial charge on any atom is 0.0475 e. The van der Waals surface area contributed by atoms with Gasteiger partial charge in [0.15, 0.2) is 0 Å². The molecule has 1 aliphatic carbocycles. The van der Waals surface area contributed by atoms with Crippen molar-refractivity contribution in [2.24, 2.45) is 5.73 Å². The van der Waals surface area contributed by atoms with Crippen molar-refractivity contribution < 1.29 is 0 Å². The van der Waals surface area contributed by atoms with E-state index in [0.717, 1.165) is 0 Å². The van der Waals surface area contributed by atoms with Crippen molar-refractivity contribution in [3.8, 4) is 0 Å². The van der Waals surface area contributed by atoms with Crippen LogP contribution in [0.15, 0.2) is 39.9 Å². The molecule has 0 saturated heterocycles. The number of hydrogen-bond acceptors (Lipinski definition) is 3. The SMILES string of the molecule is NCC(Sc1ccc2c(c1)CCC2)c1ccsc1. The first kappa shape index (κ1) is 12.3. The third kappa shape index (κ3) is 2.48. The molecule has 1 aromatic heterocycles. The lowest BCUT2D eigenvalue weighted by atomic mass is 10.1. The molecule has 0 radical (unpaired) electrons. The van der Waals surface area contributed by atoms with Crippen LogP contribution in [-0.4, -0.2) is 6.54 Å². The lowest BCUT2D eigenvalue weighted by molar-refractivity contribution is 0.911. The van der Waals surface area contributed by atoms with Gasteiger partial charge >= 0.3 is 0 Å². The van der Waals surface area contributed by atoms with Crippen LogP contribution in [0.5, 0.6) is 0 Å². The van der Waals surface area contributed by atoms with Gasteiger partial charge in [-0.1, -0.05) is 6.07 Å². The molecule has 0 fully saturated rings. The standard InChI is InChI=1S/C15H17NS2/c16-9-15(13-6-7-17-10-13)18-14-5-4-11-2-1-3-12(11)8-14/h4-8,10,15H,1-3,9,16H2. The van der Waals surface area contributed by atoms with Crippen LogP contribution in [0, 0.1) is 0 Å². The van der Waals surface area contributed by atoms with Gasteiger partial charge in [0.2, 0.25) is 0 Å². The van der Waals surface area contributed by atoms with Crippen molar-refractivity contribution in [1.29, 1.82) is 0 Å². The second-order valence-corrected chi connectivity index (χ2v) is 6.74. The highest BCUT2D eigenvalue weighted by atomic mass is 32.2. The zero-order valence-electron chi connectivity index (χ0n) is 10.3. The summed E-state index contributed by atoms with van der Waals surface area (Å²) >= 11 is 3.64. The van der Waals surface area contributed by atoms with E-state index in [-0.39, 0.29) is 0 Å². The summed E-state index contributed by atoms with van der Waals surface area (Å²) in [6, 6.07) is 9.10. The van der Waals surface area contributed by atoms with Gasteiger partial charge in [0, 0.05) is 16.7 Å². The Morgan fingerprint density at radius 1 is 1.22 bits per heavy atom. The first-order chi connectivity index (χ1) is 8.86. The van der Waals surface area contributed by atoms with Crippen molar-refractivity contribution in [1.82, 2.24) is 0 Å². The van der Waals surface area contributed by atoms with Crippen LogP contribution >= 0.6 is 23.1 Å². The normalized spacial score (nSPS) is 15.6. The van der Waals surface area contributed by atoms with E-state index in [1.54, 1.807) is 22.5 Å². The molecule has 2 aromatic rings. The minimum absolute atomic E-state index is 0.385. The topological polar surface area (TPSA) is 26.0 Å². The highest BCUT2D eigenvalue weighted by molar-refractivity contribution is 7.99. The third-order valence-electron chi connectivity index (χ3n) is 3.48. The second kappa shape index (κ2) is 5.47. The molecule has 0 amide bonds. The lowest BCUT2D eigenvalue weighted by Gasteiger charge is -2.13. The molecular weight excluding hydrogens is 258 g/mol. The molecule has 1 unspecified atom stereocenters. The molecule has 3 rings (SSSR count). The largest absolute Gasteiger partial charge is 0.329 e. The molecule has 2 N–H and O–H groups in total. The fourth-order valence-corrected chi connectivity index (χ4v) is 4.36. The average molecular weight is 275 g/mol. The van der Waals surface area contributed by atoms with Crippen molar-refractivity contribution in [3.63, 3.8) is 0 Å². The fraction of sp³-hybridized carbons (Fsp3) is 0.333. The summed E-state index contributed by atoms with van der Waals surface area (Å²) in [6.45, 7) is 0.693. The summed E-state index contributed by atoms with van der Waals surface area (Å²) in [4.78, 5) is 1.36. The first-order valence-electron chi connectivity index (χ1n) is 6.37. The van der Waals surface area contributed by atoms with Crippen LogP contribution in [0.1, 0.15) is 28.4 Å². The molecule has 3 heteroatoms. The molecule has 0 bridgehead atoms. The Labute approximate surface area is 116 Å². The molecule has 0 spiro atoms. The summed E-state index contributed by atoms with van der Waals surface area (Å²) < 4.78 is 0. The van der Waals surface area contributed by atoms with Crippen LogP contribution in [0.3, 0.4) is 0 Å². The summed E-state index contributed by atoms with van der Waals surface area (Å²) in [7, 11) is 0. The van der Waals surface area contributed by atoms with E-state index in [9.17, 15) is 0 Å². The Hall–Kier alpha value is -0.770. The van der Waals surface area contributed by atoms with Crippen LogP contribution in [0.4, 0.5) is 0 Å². The number of thioether (sulfide) groups is 1. The van der Waals surface area contributed by atoms with Crippen LogP contribution in [0.2, 0.25) is 0 Å². The molecule has 1 nitrogen and oxygen atoms in total. The second-order valence-electron chi connectivity index (χ2n) is 4.68. The Bertz CT molecular complexity index is 519. The number of hydrogen-bond donors (Lipinski definition) is 1. The van der Waals surface area contributed by atoms with Gasteiger partial charge in [-0.15, -0.1) is 11.8 Å². The maximum atomic E-state index is 5.91. The number of thiophene rings is 1. The molecule has 18 heavy (non-hydrogen) atoms. The Morgan fingerprint density at radius 2 is 2.11 bits per heavy atom. The third-order valence-corrected chi connectivity index (χ3v) is 5.45. The smallest absolute Gasteiger partial charge is 0.0475 e. The predicted molar refractivity (Wildman–Crippen MR) is 80.4 cm³/mol. The molecule has 0 aliphatic heterocycles. The quantitative estimate of drug-likeness (QED) is 0.853. The molecule has 94 valence electrons. The molecule has 1 aliphatic rings. The van der Waals surface area contributed by atoms with Gasteiger partial charge in [-0.05, 0) is 64.9 Å². The Balaban J connectivity index is 1.79. The summed E-state index contributed by atoms with van der Waals surface area (Å²) in [5, 5.41) is 4.72. The van der Waals surface area contributed by atoms with Gasteiger partial charge in [0.25, 0.3) is 0 Å². The van der Waals surface area contributed by atoms with E-state index in [1.807, 2.05) is 11.8 Å². The van der Waals surface area contributed by atoms with Gasteiger partial charge in [0.05, 0.1) is 0 Å². The van der Waals surface area contributed by atoms with Crippen LogP contribution < -0.4 is 5.73 Å². The van der Waals surface area contributed by atoms with E-state index < -0.39 is 0 Å². The summed E-state index contributed by atoms with van der Waals surface area (Å²) in [5.41, 5.74) is 10.3. The lowest BCUT2D eigenvalue weighted by Crippen LogP contribution is -2.08. The van der Waals surface area contributed by atoms with E-state index in [4.69, 9.17) is 5.73 Å². The number of rotatable bonds is 4. The van der Waals surface area contributed by atoms with E-state index >= 15 is 0 Å². The molecule has 1 heterocycles. The van der Waals surface area contributed by atoms with Gasteiger partial charge in [0.1, 0.15) is 0 Å². The highest BCUT2D eigenvalue weighted by Crippen LogP contribution is 2.37. The van der Waals surface area contributed by atoms with E-state index in [1.165, 1.54) is 29.7 Å². The van der Waals surface area contributed by atoms with E-state index in [2.05, 4.69) is 35.0 Å². The number of nitrogens with two attached hydrogens (primary N) is 1. The van der Waals surface area contributed by atoms with Crippen LogP contribution in [-0.2, 0) is 12.8 Å². The molecule has 0 saturated carbocycles. The molecule has 1 atom stereocenters. The average Bonchev–Trinajstić information content (AvgIpc) is 3.06. The molecular formula is C15H17NS2. The predicted octanol–water partition coefficient (Wildman–Crippen LogP) is 4.03. The molecule has 1 aromatic carbocycles. The van der Waals surface area contributed by atoms with Gasteiger partial charge in [-0.25, -0.2) is 0 Å². The van der Waals surface area contributed by atoms with E-state index in [0.29, 0.717) is 11.8 Å². The summed E-state index contributed by atoms with van der Waals surface area (Å²) in [5.74, 6) is 0. The Kier molecular flexibility index (Phi) is 3.73. The van der Waals surface area contributed by atoms with Crippen molar-refractivity contribution in [2.75, 3.05) is 6.54 Å². The zero-order valence-corrected chi connectivity index (χ0v) is 11.9. The fourth-order valence-electron chi connectivity index (χ4n) is 2.50. The minimum Gasteiger partial charge on any atom is -0.329 e. The highest BCUT2D eigenvalue weighted by Gasteiger charge is 2.15. The van der Waals surface area contributed by atoms with Gasteiger partial charge < -0.3 is 5.73 Å². The van der Waals surface area contributed by atoms with Gasteiger partial charge in [-0.2, -0.15) is 11.3 Å². The number of aryl methyl sites for hydroxylation is 2. The maximum absolute atomic E-state index is 5.91. The summed E-state index contributed by atoms with van der Waals surface area (Å²) in [6.07, 6.45) is 3.81. The Morgan fingerprint density at radius 3 is 2.89 bits per heavy atom. The number of fused-ring (bicyclic) bond motifs is 1. The number of benzene rings is 1. The van der Waals surface area contributed by atoms with Gasteiger partial charge in [-0.3, -0.25) is 0 Å². The zero-order chi connectivity index (χ0) is 12.4. The monoisotopic (exact) mass is 275 g/mol. The minimum atomic E-state index is 0.385. The van der Waals surface area contributed by atoms with Crippen molar-refractivity contribution in [3.05, 3.63) is 51.7 Å². The van der Waals surface area contributed by atoms with Crippen molar-refractivity contribution in [2.45, 2.75) is 29.4 Å². The first-order valence-corrected chi connectivity index (χ1v) is 8.19.